The van der Waals surface area contributed by atoms with E-state index in [0.29, 0.717) is 11.0 Å². The van der Waals surface area contributed by atoms with Crippen LogP contribution in [0.15, 0.2) is 29.4 Å². The van der Waals surface area contributed by atoms with Gasteiger partial charge in [-0.05, 0) is 12.5 Å². The molecule has 3 rings (SSSR count). The molecule has 0 atom stereocenters. The summed E-state index contributed by atoms with van der Waals surface area (Å²) < 4.78 is 37.9. The summed E-state index contributed by atoms with van der Waals surface area (Å²) in [6, 6.07) is 5.56. The summed E-state index contributed by atoms with van der Waals surface area (Å²) in [5, 5.41) is 18.7. The molecule has 0 radical (unpaired) electrons. The highest BCUT2D eigenvalue weighted by Gasteiger charge is 2.17. The number of benzene rings is 1. The van der Waals surface area contributed by atoms with Crippen molar-refractivity contribution in [2.75, 3.05) is 31.0 Å². The molecule has 0 amide bonds. The lowest BCUT2D eigenvalue weighted by molar-refractivity contribution is 0.0591. The van der Waals surface area contributed by atoms with Gasteiger partial charge in [-0.25, -0.2) is 18.1 Å². The van der Waals surface area contributed by atoms with Crippen LogP contribution in [0.5, 0.6) is 5.88 Å². The Kier molecular flexibility index (Phi) is 7.68. The fraction of sp³-hybridized carbons (Fsp3) is 0.412. The van der Waals surface area contributed by atoms with Crippen LogP contribution in [0.3, 0.4) is 0 Å². The van der Waals surface area contributed by atoms with E-state index in [9.17, 15) is 19.0 Å². The number of hydrogen-bond donors (Lipinski definition) is 3. The van der Waals surface area contributed by atoms with Crippen molar-refractivity contribution >= 4 is 29.7 Å². The van der Waals surface area contributed by atoms with E-state index in [2.05, 4.69) is 19.0 Å². The molecule has 2 aromatic rings. The van der Waals surface area contributed by atoms with Crippen LogP contribution in [0.1, 0.15) is 12.0 Å². The van der Waals surface area contributed by atoms with Crippen molar-refractivity contribution in [3.05, 3.63) is 41.5 Å². The van der Waals surface area contributed by atoms with E-state index in [1.807, 2.05) is 0 Å². The van der Waals surface area contributed by atoms with Gasteiger partial charge in [0.2, 0.25) is 5.88 Å². The zero-order chi connectivity index (χ0) is 19.9. The van der Waals surface area contributed by atoms with E-state index in [0.717, 1.165) is 37.3 Å². The van der Waals surface area contributed by atoms with Crippen LogP contribution in [-0.2, 0) is 5.75 Å². The summed E-state index contributed by atoms with van der Waals surface area (Å²) in [6.07, 6.45) is 0.325. The summed E-state index contributed by atoms with van der Waals surface area (Å²) in [5.41, 5.74) is 0.202. The SMILES string of the molecule is OCC(CO)Oc1cc(NSN2CCC2)nc(SCc2cccc(F)c2F)n1. The van der Waals surface area contributed by atoms with Crippen molar-refractivity contribution in [2.45, 2.75) is 23.4 Å². The number of nitrogens with zero attached hydrogens (tertiary/aromatic N) is 3. The molecule has 1 aliphatic rings. The number of halogens is 2. The predicted molar refractivity (Wildman–Crippen MR) is 104 cm³/mol. The van der Waals surface area contributed by atoms with E-state index in [1.54, 1.807) is 6.07 Å². The molecule has 1 saturated heterocycles. The summed E-state index contributed by atoms with van der Waals surface area (Å²) in [4.78, 5) is 8.59. The molecular formula is C17H20F2N4O3S2. The van der Waals surface area contributed by atoms with E-state index in [4.69, 9.17) is 4.74 Å². The van der Waals surface area contributed by atoms with Crippen LogP contribution in [0.25, 0.3) is 0 Å². The highest BCUT2D eigenvalue weighted by molar-refractivity contribution is 7.98. The monoisotopic (exact) mass is 430 g/mol. The highest BCUT2D eigenvalue weighted by Crippen LogP contribution is 2.28. The zero-order valence-corrected chi connectivity index (χ0v) is 16.5. The lowest BCUT2D eigenvalue weighted by atomic mass is 10.2. The molecule has 1 aliphatic heterocycles. The third-order valence-electron chi connectivity index (χ3n) is 3.86. The molecule has 3 N–H and O–H groups in total. The third-order valence-corrected chi connectivity index (χ3v) is 5.68. The normalized spacial score (nSPS) is 14.2. The quantitative estimate of drug-likeness (QED) is 0.299. The lowest BCUT2D eigenvalue weighted by Crippen LogP contribution is -2.31. The molecule has 11 heteroatoms. The molecule has 1 fully saturated rings. The minimum atomic E-state index is -0.905. The first-order chi connectivity index (χ1) is 13.6. The van der Waals surface area contributed by atoms with Gasteiger partial charge in [-0.1, -0.05) is 23.9 Å². The highest BCUT2D eigenvalue weighted by atomic mass is 32.2. The van der Waals surface area contributed by atoms with Gasteiger partial charge in [0.05, 0.1) is 13.2 Å². The summed E-state index contributed by atoms with van der Waals surface area (Å²) >= 11 is 2.53. The van der Waals surface area contributed by atoms with E-state index in [-0.39, 0.29) is 30.4 Å². The van der Waals surface area contributed by atoms with E-state index in [1.165, 1.54) is 24.3 Å². The van der Waals surface area contributed by atoms with Crippen LogP contribution in [-0.4, -0.2) is 56.9 Å². The number of aliphatic hydroxyl groups is 2. The molecule has 2 heterocycles. The maximum Gasteiger partial charge on any atom is 0.219 e. The number of aromatic nitrogens is 2. The number of rotatable bonds is 10. The molecular weight excluding hydrogens is 410 g/mol. The summed E-state index contributed by atoms with van der Waals surface area (Å²) in [7, 11) is 0. The van der Waals surface area contributed by atoms with Crippen molar-refractivity contribution in [3.63, 3.8) is 0 Å². The van der Waals surface area contributed by atoms with Gasteiger partial charge in [0, 0.05) is 42.6 Å². The molecule has 0 saturated carbocycles. The van der Waals surface area contributed by atoms with Crippen molar-refractivity contribution in [3.8, 4) is 5.88 Å². The molecule has 0 unspecified atom stereocenters. The van der Waals surface area contributed by atoms with Crippen LogP contribution in [0, 0.1) is 11.6 Å². The van der Waals surface area contributed by atoms with Gasteiger partial charge in [-0.3, -0.25) is 0 Å². The first-order valence-electron chi connectivity index (χ1n) is 8.60. The molecule has 0 bridgehead atoms. The summed E-state index contributed by atoms with van der Waals surface area (Å²) in [6.45, 7) is 1.21. The molecule has 1 aromatic carbocycles. The molecule has 7 nitrogen and oxygen atoms in total. The molecule has 0 aliphatic carbocycles. The van der Waals surface area contributed by atoms with Crippen molar-refractivity contribution in [2.24, 2.45) is 0 Å². The molecule has 1 aromatic heterocycles. The van der Waals surface area contributed by atoms with Gasteiger partial charge in [0.1, 0.15) is 11.9 Å². The van der Waals surface area contributed by atoms with Gasteiger partial charge in [-0.15, -0.1) is 0 Å². The van der Waals surface area contributed by atoms with E-state index < -0.39 is 17.7 Å². The van der Waals surface area contributed by atoms with Crippen molar-refractivity contribution < 1.29 is 23.7 Å². The van der Waals surface area contributed by atoms with Crippen molar-refractivity contribution in [1.29, 1.82) is 0 Å². The first kappa shape index (κ1) is 21.1. The second-order valence-electron chi connectivity index (χ2n) is 5.96. The Morgan fingerprint density at radius 1 is 1.21 bits per heavy atom. The number of aliphatic hydroxyl groups excluding tert-OH is 2. The Balaban J connectivity index is 1.73. The largest absolute Gasteiger partial charge is 0.469 e. The van der Waals surface area contributed by atoms with Crippen LogP contribution >= 0.6 is 23.9 Å². The maximum atomic E-state index is 13.9. The summed E-state index contributed by atoms with van der Waals surface area (Å²) in [5.74, 6) is -1.03. The number of ether oxygens (including phenoxy) is 1. The second kappa shape index (κ2) is 10.2. The van der Waals surface area contributed by atoms with E-state index >= 15 is 0 Å². The average molecular weight is 431 g/mol. The van der Waals surface area contributed by atoms with Crippen LogP contribution < -0.4 is 9.46 Å². The standard InChI is InChI=1S/C17H20F2N4O3S2/c18-13-4-1-3-11(16(13)19)10-27-17-20-14(22-28-23-5-2-6-23)7-15(21-17)26-12(8-24)9-25/h1,3-4,7,12,24-25H,2,5-6,8-10H2,(H,20,21,22). The average Bonchev–Trinajstić information content (AvgIpc) is 2.66. The minimum absolute atomic E-state index is 0.134. The Bertz CT molecular complexity index is 795. The van der Waals surface area contributed by atoms with Crippen molar-refractivity contribution in [1.82, 2.24) is 14.3 Å². The zero-order valence-electron chi connectivity index (χ0n) is 14.8. The van der Waals surface area contributed by atoms with Crippen LogP contribution in [0.2, 0.25) is 0 Å². The lowest BCUT2D eigenvalue weighted by Gasteiger charge is -2.28. The predicted octanol–water partition coefficient (Wildman–Crippen LogP) is 2.46. The third kappa shape index (κ3) is 5.67. The smallest absolute Gasteiger partial charge is 0.219 e. The Morgan fingerprint density at radius 3 is 2.68 bits per heavy atom. The molecule has 152 valence electrons. The first-order valence-corrected chi connectivity index (χ1v) is 10.4. The minimum Gasteiger partial charge on any atom is -0.469 e. The van der Waals surface area contributed by atoms with Gasteiger partial charge >= 0.3 is 0 Å². The number of thioether (sulfide) groups is 1. The van der Waals surface area contributed by atoms with Gasteiger partial charge < -0.3 is 19.7 Å². The maximum absolute atomic E-state index is 13.9. The van der Waals surface area contributed by atoms with Gasteiger partial charge in [0.15, 0.2) is 16.8 Å². The second-order valence-corrected chi connectivity index (χ2v) is 7.80. The van der Waals surface area contributed by atoms with Crippen LogP contribution in [0.4, 0.5) is 14.6 Å². The number of anilines is 1. The van der Waals surface area contributed by atoms with Gasteiger partial charge in [0.25, 0.3) is 0 Å². The van der Waals surface area contributed by atoms with Gasteiger partial charge in [-0.2, -0.15) is 4.98 Å². The number of hydrogen-bond acceptors (Lipinski definition) is 9. The fourth-order valence-corrected chi connectivity index (χ4v) is 3.77. The Morgan fingerprint density at radius 2 is 2.00 bits per heavy atom. The molecule has 0 spiro atoms. The number of nitrogens with one attached hydrogen (secondary N) is 1. The topological polar surface area (TPSA) is 90.7 Å². The molecule has 28 heavy (non-hydrogen) atoms. The Hall–Kier alpha value is -1.66. The Labute approximate surface area is 169 Å². The fourth-order valence-electron chi connectivity index (χ4n) is 2.18.